The lowest BCUT2D eigenvalue weighted by Gasteiger charge is -2.32. The van der Waals surface area contributed by atoms with Gasteiger partial charge in [-0.15, -0.1) is 0 Å². The van der Waals surface area contributed by atoms with E-state index in [1.165, 1.54) is 46.8 Å². The molecule has 1 N–H and O–H groups in total. The number of nitrogens with zero attached hydrogens (tertiary/aromatic N) is 2. The SMILES string of the molecule is C[C@@H]1CCCCN1S(=O)(=O)c1ccc(NC(=O)CN2C(=O)c3ccccc3S2(=O)=O)cc1. The van der Waals surface area contributed by atoms with Crippen molar-refractivity contribution < 1.29 is 26.4 Å². The van der Waals surface area contributed by atoms with Crippen LogP contribution in [0.25, 0.3) is 0 Å². The fourth-order valence-corrected chi connectivity index (χ4v) is 7.22. The summed E-state index contributed by atoms with van der Waals surface area (Å²) in [5, 5.41) is 2.52. The third kappa shape index (κ3) is 3.91. The smallest absolute Gasteiger partial charge is 0.269 e. The van der Waals surface area contributed by atoms with Crippen molar-refractivity contribution in [2.45, 2.75) is 42.0 Å². The number of piperidine rings is 1. The van der Waals surface area contributed by atoms with Gasteiger partial charge in [0.1, 0.15) is 11.4 Å². The highest BCUT2D eigenvalue weighted by molar-refractivity contribution is 7.90. The molecule has 2 amide bonds. The average Bonchev–Trinajstić information content (AvgIpc) is 2.95. The molecule has 1 saturated heterocycles. The molecule has 4 rings (SSSR count). The summed E-state index contributed by atoms with van der Waals surface area (Å²) in [6.07, 6.45) is 2.63. The topological polar surface area (TPSA) is 121 Å². The normalized spacial score (nSPS) is 20.7. The maximum absolute atomic E-state index is 12.9. The van der Waals surface area contributed by atoms with Gasteiger partial charge in [-0.25, -0.2) is 21.1 Å². The zero-order valence-corrected chi connectivity index (χ0v) is 19.0. The third-order valence-electron chi connectivity index (χ3n) is 5.69. The van der Waals surface area contributed by atoms with Gasteiger partial charge in [0.2, 0.25) is 15.9 Å². The summed E-state index contributed by atoms with van der Waals surface area (Å²) in [7, 11) is -7.73. The predicted molar refractivity (Wildman–Crippen MR) is 117 cm³/mol. The first kappa shape index (κ1) is 22.4. The number of benzene rings is 2. The number of hydrogen-bond acceptors (Lipinski definition) is 6. The van der Waals surface area contributed by atoms with Crippen LogP contribution in [-0.4, -0.2) is 56.4 Å². The Morgan fingerprint density at radius 2 is 1.78 bits per heavy atom. The van der Waals surface area contributed by atoms with E-state index in [0.29, 0.717) is 16.5 Å². The van der Waals surface area contributed by atoms with Gasteiger partial charge in [-0.2, -0.15) is 4.31 Å². The summed E-state index contributed by atoms with van der Waals surface area (Å²) in [4.78, 5) is 24.9. The van der Waals surface area contributed by atoms with Crippen molar-refractivity contribution in [3.8, 4) is 0 Å². The molecule has 2 aromatic rings. The number of carbonyl (C=O) groups is 2. The van der Waals surface area contributed by atoms with Crippen LogP contribution in [0.3, 0.4) is 0 Å². The number of hydrogen-bond donors (Lipinski definition) is 1. The molecule has 0 saturated carbocycles. The Kier molecular flexibility index (Phi) is 5.82. The molecule has 0 unspecified atom stereocenters. The van der Waals surface area contributed by atoms with Gasteiger partial charge in [0.25, 0.3) is 15.9 Å². The van der Waals surface area contributed by atoms with Gasteiger partial charge in [-0.05, 0) is 56.2 Å². The average molecular weight is 478 g/mol. The first-order valence-corrected chi connectivity index (χ1v) is 13.1. The van der Waals surface area contributed by atoms with Crippen LogP contribution in [0, 0.1) is 0 Å². The lowest BCUT2D eigenvalue weighted by atomic mass is 10.1. The van der Waals surface area contributed by atoms with Gasteiger partial charge in [0.15, 0.2) is 0 Å². The fourth-order valence-electron chi connectivity index (χ4n) is 3.99. The summed E-state index contributed by atoms with van der Waals surface area (Å²) in [6, 6.07) is 11.4. The van der Waals surface area contributed by atoms with E-state index >= 15 is 0 Å². The molecule has 0 aromatic heterocycles. The van der Waals surface area contributed by atoms with E-state index in [2.05, 4.69) is 5.32 Å². The Morgan fingerprint density at radius 3 is 2.44 bits per heavy atom. The van der Waals surface area contributed by atoms with Crippen molar-refractivity contribution in [1.29, 1.82) is 0 Å². The monoisotopic (exact) mass is 477 g/mol. The van der Waals surface area contributed by atoms with Crippen LogP contribution in [0.1, 0.15) is 36.5 Å². The van der Waals surface area contributed by atoms with Crippen LogP contribution in [0.15, 0.2) is 58.3 Å². The Balaban J connectivity index is 1.45. The number of amides is 2. The number of carbonyl (C=O) groups excluding carboxylic acids is 2. The Labute approximate surface area is 187 Å². The van der Waals surface area contributed by atoms with Crippen LogP contribution in [-0.2, 0) is 24.8 Å². The molecule has 32 heavy (non-hydrogen) atoms. The molecule has 0 aliphatic carbocycles. The Hall–Kier alpha value is -2.76. The van der Waals surface area contributed by atoms with Crippen molar-refractivity contribution >= 4 is 37.5 Å². The van der Waals surface area contributed by atoms with Crippen molar-refractivity contribution in [3.63, 3.8) is 0 Å². The summed E-state index contributed by atoms with van der Waals surface area (Å²) >= 11 is 0. The highest BCUT2D eigenvalue weighted by Crippen LogP contribution is 2.30. The lowest BCUT2D eigenvalue weighted by molar-refractivity contribution is -0.116. The molecule has 2 aromatic carbocycles. The quantitative estimate of drug-likeness (QED) is 0.703. The van der Waals surface area contributed by atoms with E-state index in [1.807, 2.05) is 6.92 Å². The van der Waals surface area contributed by atoms with E-state index in [4.69, 9.17) is 0 Å². The van der Waals surface area contributed by atoms with Crippen LogP contribution in [0.5, 0.6) is 0 Å². The molecule has 0 bridgehead atoms. The molecule has 1 atom stereocenters. The van der Waals surface area contributed by atoms with Crippen LogP contribution >= 0.6 is 0 Å². The van der Waals surface area contributed by atoms with Crippen molar-refractivity contribution in [2.24, 2.45) is 0 Å². The maximum atomic E-state index is 12.9. The Bertz CT molecular complexity index is 1270. The molecular formula is C21H23N3O6S2. The Morgan fingerprint density at radius 1 is 1.09 bits per heavy atom. The number of rotatable bonds is 5. The van der Waals surface area contributed by atoms with Crippen LogP contribution < -0.4 is 5.32 Å². The summed E-state index contributed by atoms with van der Waals surface area (Å²) < 4.78 is 53.0. The van der Waals surface area contributed by atoms with Gasteiger partial charge < -0.3 is 5.32 Å². The first-order valence-electron chi connectivity index (χ1n) is 10.2. The molecule has 2 aliphatic heterocycles. The van der Waals surface area contributed by atoms with Gasteiger partial charge in [0, 0.05) is 18.3 Å². The van der Waals surface area contributed by atoms with E-state index in [-0.39, 0.29) is 21.4 Å². The number of anilines is 1. The zero-order valence-electron chi connectivity index (χ0n) is 17.4. The van der Waals surface area contributed by atoms with E-state index < -0.39 is 38.4 Å². The molecule has 2 heterocycles. The second-order valence-corrected chi connectivity index (χ2v) is 11.6. The summed E-state index contributed by atoms with van der Waals surface area (Å²) in [5.74, 6) is -1.47. The first-order chi connectivity index (χ1) is 15.1. The lowest BCUT2D eigenvalue weighted by Crippen LogP contribution is -2.41. The van der Waals surface area contributed by atoms with Gasteiger partial charge in [0.05, 0.1) is 10.5 Å². The molecule has 2 aliphatic rings. The molecule has 170 valence electrons. The van der Waals surface area contributed by atoms with Gasteiger partial charge in [-0.1, -0.05) is 18.6 Å². The molecular weight excluding hydrogens is 454 g/mol. The minimum atomic E-state index is -4.09. The minimum Gasteiger partial charge on any atom is -0.325 e. The second kappa shape index (κ2) is 8.30. The minimum absolute atomic E-state index is 0.0294. The van der Waals surface area contributed by atoms with Gasteiger partial charge in [-0.3, -0.25) is 9.59 Å². The van der Waals surface area contributed by atoms with Crippen LogP contribution in [0.4, 0.5) is 5.69 Å². The largest absolute Gasteiger partial charge is 0.325 e. The number of nitrogens with one attached hydrogen (secondary N) is 1. The van der Waals surface area contributed by atoms with E-state index in [1.54, 1.807) is 6.07 Å². The molecule has 0 spiro atoms. The maximum Gasteiger partial charge on any atom is 0.269 e. The highest BCUT2D eigenvalue weighted by atomic mass is 32.2. The van der Waals surface area contributed by atoms with Crippen molar-refractivity contribution in [2.75, 3.05) is 18.4 Å². The molecule has 9 nitrogen and oxygen atoms in total. The van der Waals surface area contributed by atoms with Crippen molar-refractivity contribution in [3.05, 3.63) is 54.1 Å². The van der Waals surface area contributed by atoms with Crippen LogP contribution in [0.2, 0.25) is 0 Å². The third-order valence-corrected chi connectivity index (χ3v) is 9.50. The highest BCUT2D eigenvalue weighted by Gasteiger charge is 2.41. The van der Waals surface area contributed by atoms with E-state index in [9.17, 15) is 26.4 Å². The molecule has 0 radical (unpaired) electrons. The summed E-state index contributed by atoms with van der Waals surface area (Å²) in [6.45, 7) is 1.68. The molecule has 11 heteroatoms. The number of sulfonamides is 2. The fraction of sp³-hybridized carbons (Fsp3) is 0.333. The van der Waals surface area contributed by atoms with Gasteiger partial charge >= 0.3 is 0 Å². The van der Waals surface area contributed by atoms with E-state index in [0.717, 1.165) is 19.3 Å². The predicted octanol–water partition coefficient (Wildman–Crippen LogP) is 2.03. The standard InChI is InChI=1S/C21H23N3O6S2/c1-15-6-4-5-13-23(15)31(27,28)17-11-9-16(10-12-17)22-20(25)14-24-21(26)18-7-2-3-8-19(18)32(24,29)30/h2-3,7-12,15H,4-6,13-14H2,1H3,(H,22,25)/t15-/m1/s1. The van der Waals surface area contributed by atoms with Crippen molar-refractivity contribution in [1.82, 2.24) is 8.61 Å². The zero-order chi connectivity index (χ0) is 23.1. The summed E-state index contributed by atoms with van der Waals surface area (Å²) in [5.41, 5.74) is 0.323. The molecule has 1 fully saturated rings. The second-order valence-electron chi connectivity index (χ2n) is 7.85. The number of fused-ring (bicyclic) bond motifs is 1.